The molecule has 1 atom stereocenters. The summed E-state index contributed by atoms with van der Waals surface area (Å²) in [5.74, 6) is -0.101. The molecule has 362 valence electrons. The van der Waals surface area contributed by atoms with Crippen molar-refractivity contribution < 1.29 is 32.4 Å². The number of piperazine rings is 2. The van der Waals surface area contributed by atoms with Gasteiger partial charge in [-0.3, -0.25) is 29.5 Å². The smallest absolute Gasteiger partial charge is 0.277 e. The average molecular weight is 978 g/mol. The summed E-state index contributed by atoms with van der Waals surface area (Å²) in [4.78, 5) is 54.5. The van der Waals surface area contributed by atoms with Crippen LogP contribution >= 0.6 is 11.6 Å². The van der Waals surface area contributed by atoms with Crippen LogP contribution in [0.5, 0.6) is 17.2 Å². The van der Waals surface area contributed by atoms with Crippen molar-refractivity contribution in [2.75, 3.05) is 77.0 Å². The van der Waals surface area contributed by atoms with Gasteiger partial charge in [-0.15, -0.1) is 0 Å². The standard InChI is InChI=1S/C51H57ClN8O8S/c1-51(2)13-11-37(44(28-51)34-5-7-38(52)8-6-34)31-57-15-19-58(20-16-57)39-9-10-42(47(25-39)68-40-24-36-12-14-53-48(36)54-29-40)49(61)55-69(65,66)41-26-45(60(63)64)43-23-33(32-67-46(43)27-41)30-56-17-21-59(22-18-56)50(62)35-3-4-35/h5-10,12,14,24-27,29,33,35H,3-4,11,13,15-23,28,30-32H2,1-2H3,(H,53,54)(H,55,61)/t33-/m1/s1. The molecule has 0 unspecified atom stereocenters. The van der Waals surface area contributed by atoms with E-state index in [1.165, 1.54) is 29.0 Å². The number of pyridine rings is 1. The zero-order chi connectivity index (χ0) is 48.0. The topological polar surface area (TPSA) is 184 Å². The molecule has 1 saturated carbocycles. The van der Waals surface area contributed by atoms with Gasteiger partial charge >= 0.3 is 0 Å². The Morgan fingerprint density at radius 1 is 0.971 bits per heavy atom. The van der Waals surface area contributed by atoms with E-state index in [1.807, 2.05) is 23.1 Å². The molecule has 5 aliphatic rings. The van der Waals surface area contributed by atoms with Gasteiger partial charge in [-0.05, 0) is 91.5 Å². The number of nitrogens with one attached hydrogen (secondary N) is 2. The molecule has 69 heavy (non-hydrogen) atoms. The fourth-order valence-electron chi connectivity index (χ4n) is 10.3. The average Bonchev–Trinajstić information content (AvgIpc) is 4.08. The van der Waals surface area contributed by atoms with Crippen LogP contribution in [-0.2, 0) is 21.2 Å². The number of H-pyrrole nitrogens is 1. The number of rotatable bonds is 13. The highest BCUT2D eigenvalue weighted by Gasteiger charge is 2.37. The molecular formula is C51H57ClN8O8S. The first kappa shape index (κ1) is 46.7. The van der Waals surface area contributed by atoms with Crippen molar-refractivity contribution in [3.63, 3.8) is 0 Å². The van der Waals surface area contributed by atoms with E-state index in [9.17, 15) is 28.1 Å². The number of ether oxygens (including phenoxy) is 2. The van der Waals surface area contributed by atoms with Crippen LogP contribution < -0.4 is 19.1 Å². The van der Waals surface area contributed by atoms with Gasteiger partial charge in [0.15, 0.2) is 0 Å². The van der Waals surface area contributed by atoms with Crippen LogP contribution in [0.2, 0.25) is 5.02 Å². The monoisotopic (exact) mass is 976 g/mol. The number of allylic oxidation sites excluding steroid dienone is 1. The van der Waals surface area contributed by atoms with E-state index >= 15 is 0 Å². The van der Waals surface area contributed by atoms with Crippen molar-refractivity contribution in [1.82, 2.24) is 29.4 Å². The highest BCUT2D eigenvalue weighted by molar-refractivity contribution is 7.90. The van der Waals surface area contributed by atoms with Gasteiger partial charge in [0.1, 0.15) is 22.9 Å². The third-order valence-electron chi connectivity index (χ3n) is 14.3. The van der Waals surface area contributed by atoms with Gasteiger partial charge in [0.05, 0.1) is 33.7 Å². The number of nitro groups is 1. The fourth-order valence-corrected chi connectivity index (χ4v) is 11.4. The maximum absolute atomic E-state index is 14.1. The SMILES string of the molecule is CC1(C)CCC(CN2CCN(c3ccc(C(=O)NS(=O)(=O)c4cc5c(c([N+](=O)[O-])c4)C[C@H](CN4CCN(C(=O)C6CC6)CC4)CO5)c(Oc4cnc5[nH]ccc5c4)c3)CC2)=C(c2ccc(Cl)cc2)C1. The molecule has 5 aromatic rings. The van der Waals surface area contributed by atoms with Crippen LogP contribution in [0.3, 0.4) is 0 Å². The quantitative estimate of drug-likeness (QED) is 0.0860. The van der Waals surface area contributed by atoms with Crippen LogP contribution in [0.4, 0.5) is 11.4 Å². The van der Waals surface area contributed by atoms with Crippen molar-refractivity contribution >= 4 is 61.4 Å². The number of anilines is 1. The molecule has 0 spiro atoms. The summed E-state index contributed by atoms with van der Waals surface area (Å²) < 4.78 is 42.6. The number of amides is 2. The second kappa shape index (κ2) is 19.1. The number of carbonyl (C=O) groups is 2. The predicted molar refractivity (Wildman–Crippen MR) is 263 cm³/mol. The zero-order valence-electron chi connectivity index (χ0n) is 38.9. The second-order valence-corrected chi connectivity index (χ2v) is 22.1. The molecule has 2 amide bonds. The van der Waals surface area contributed by atoms with Gasteiger partial charge in [0, 0.05) is 118 Å². The number of sulfonamides is 1. The lowest BCUT2D eigenvalue weighted by molar-refractivity contribution is -0.386. The predicted octanol–water partition coefficient (Wildman–Crippen LogP) is 7.93. The number of hydrogen-bond donors (Lipinski definition) is 2. The van der Waals surface area contributed by atoms with Crippen LogP contribution in [0.15, 0.2) is 89.6 Å². The number of nitro benzene ring substituents is 1. The summed E-state index contributed by atoms with van der Waals surface area (Å²) in [7, 11) is -4.66. The number of aromatic nitrogens is 2. The molecular weight excluding hydrogens is 920 g/mol. The Balaban J connectivity index is 0.846. The number of halogens is 1. The van der Waals surface area contributed by atoms with E-state index in [0.29, 0.717) is 69.2 Å². The van der Waals surface area contributed by atoms with Crippen LogP contribution in [0.1, 0.15) is 67.4 Å². The molecule has 3 fully saturated rings. The molecule has 0 bridgehead atoms. The van der Waals surface area contributed by atoms with Crippen LogP contribution in [0, 0.1) is 27.4 Å². The van der Waals surface area contributed by atoms with E-state index in [-0.39, 0.29) is 46.8 Å². The van der Waals surface area contributed by atoms with Crippen molar-refractivity contribution in [1.29, 1.82) is 0 Å². The molecule has 2 aliphatic carbocycles. The first-order chi connectivity index (χ1) is 33.1. The minimum Gasteiger partial charge on any atom is -0.493 e. The Labute approximate surface area is 406 Å². The third kappa shape index (κ3) is 10.5. The van der Waals surface area contributed by atoms with E-state index in [0.717, 1.165) is 73.9 Å². The molecule has 0 radical (unpaired) electrons. The Bertz CT molecular complexity index is 2940. The van der Waals surface area contributed by atoms with Gasteiger partial charge in [-0.25, -0.2) is 18.1 Å². The lowest BCUT2D eigenvalue weighted by Crippen LogP contribution is -2.50. The summed E-state index contributed by atoms with van der Waals surface area (Å²) in [5.41, 5.74) is 5.62. The molecule has 3 aliphatic heterocycles. The lowest BCUT2D eigenvalue weighted by Gasteiger charge is -2.39. The molecule has 5 heterocycles. The first-order valence-corrected chi connectivity index (χ1v) is 25.7. The van der Waals surface area contributed by atoms with Crippen molar-refractivity contribution in [3.05, 3.63) is 117 Å². The van der Waals surface area contributed by atoms with Crippen molar-refractivity contribution in [3.8, 4) is 17.2 Å². The summed E-state index contributed by atoms with van der Waals surface area (Å²) in [6.07, 6.45) is 8.70. The Morgan fingerprint density at radius 3 is 2.46 bits per heavy atom. The number of hydrogen-bond acceptors (Lipinski definition) is 12. The van der Waals surface area contributed by atoms with E-state index < -0.39 is 31.4 Å². The van der Waals surface area contributed by atoms with E-state index in [2.05, 4.69) is 55.4 Å². The number of benzene rings is 3. The van der Waals surface area contributed by atoms with Gasteiger partial charge in [-0.2, -0.15) is 0 Å². The molecule has 10 rings (SSSR count). The number of nitrogens with zero attached hydrogens (tertiary/aromatic N) is 6. The largest absolute Gasteiger partial charge is 0.493 e. The number of aromatic amines is 1. The molecule has 16 nitrogen and oxygen atoms in total. The Morgan fingerprint density at radius 2 is 1.72 bits per heavy atom. The highest BCUT2D eigenvalue weighted by Crippen LogP contribution is 2.44. The maximum Gasteiger partial charge on any atom is 0.277 e. The summed E-state index contributed by atoms with van der Waals surface area (Å²) >= 11 is 6.26. The molecule has 18 heteroatoms. The third-order valence-corrected chi connectivity index (χ3v) is 15.9. The van der Waals surface area contributed by atoms with Gasteiger partial charge in [0.25, 0.3) is 21.6 Å². The number of carbonyl (C=O) groups excluding carboxylic acids is 2. The number of fused-ring (bicyclic) bond motifs is 2. The second-order valence-electron chi connectivity index (χ2n) is 20.0. The Kier molecular flexibility index (Phi) is 12.9. The van der Waals surface area contributed by atoms with Gasteiger partial charge < -0.3 is 24.3 Å². The molecule has 2 N–H and O–H groups in total. The fraction of sp³-hybridized carbons (Fsp3) is 0.431. The van der Waals surface area contributed by atoms with Crippen molar-refractivity contribution in [2.24, 2.45) is 17.3 Å². The molecule has 2 aromatic heterocycles. The summed E-state index contributed by atoms with van der Waals surface area (Å²) in [6.45, 7) is 12.1. The van der Waals surface area contributed by atoms with Crippen molar-refractivity contribution in [2.45, 2.75) is 57.3 Å². The molecule has 2 saturated heterocycles. The summed E-state index contributed by atoms with van der Waals surface area (Å²) in [6, 6.07) is 19.1. The zero-order valence-corrected chi connectivity index (χ0v) is 40.5. The normalized spacial score (nSPS) is 20.1. The minimum absolute atomic E-state index is 0.0543. The van der Waals surface area contributed by atoms with Crippen LogP contribution in [0.25, 0.3) is 16.6 Å². The minimum atomic E-state index is -4.66. The lowest BCUT2D eigenvalue weighted by atomic mass is 9.72. The van der Waals surface area contributed by atoms with E-state index in [1.54, 1.807) is 30.5 Å². The van der Waals surface area contributed by atoms with Gasteiger partial charge in [-0.1, -0.05) is 43.2 Å². The van der Waals surface area contributed by atoms with Crippen LogP contribution in [-0.4, -0.2) is 122 Å². The van der Waals surface area contributed by atoms with Gasteiger partial charge in [0.2, 0.25) is 5.91 Å². The Hall–Kier alpha value is -6.01. The summed E-state index contributed by atoms with van der Waals surface area (Å²) in [5, 5.41) is 14.0. The maximum atomic E-state index is 14.1. The highest BCUT2D eigenvalue weighted by atomic mass is 35.5. The molecule has 3 aromatic carbocycles. The first-order valence-electron chi connectivity index (χ1n) is 23.9. The van der Waals surface area contributed by atoms with E-state index in [4.69, 9.17) is 21.1 Å².